The minimum Gasteiger partial charge on any atom is -0.493 e. The van der Waals surface area contributed by atoms with Gasteiger partial charge in [-0.3, -0.25) is 25.2 Å². The van der Waals surface area contributed by atoms with Crippen molar-refractivity contribution in [3.05, 3.63) is 66.2 Å². The predicted octanol–water partition coefficient (Wildman–Crippen LogP) is 2.20. The van der Waals surface area contributed by atoms with Gasteiger partial charge in [-0.25, -0.2) is 0 Å². The van der Waals surface area contributed by atoms with E-state index in [1.807, 2.05) is 36.4 Å². The molecule has 0 radical (unpaired) electrons. The number of fused-ring (bicyclic) bond motifs is 1. The van der Waals surface area contributed by atoms with Gasteiger partial charge in [-0.2, -0.15) is 0 Å². The summed E-state index contributed by atoms with van der Waals surface area (Å²) in [7, 11) is 2.95. The summed E-state index contributed by atoms with van der Waals surface area (Å²) in [6.45, 7) is 1.23. The first-order valence-electron chi connectivity index (χ1n) is 10.2. The zero-order chi connectivity index (χ0) is 23.8. The van der Waals surface area contributed by atoms with Crippen LogP contribution in [0.25, 0.3) is 10.8 Å². The van der Waals surface area contributed by atoms with Crippen LogP contribution in [0.4, 0.5) is 0 Å². The van der Waals surface area contributed by atoms with Crippen molar-refractivity contribution in [1.29, 1.82) is 0 Å². The van der Waals surface area contributed by atoms with Crippen molar-refractivity contribution in [2.24, 2.45) is 0 Å². The number of ether oxygens (including phenoxy) is 3. The van der Waals surface area contributed by atoms with E-state index in [1.54, 1.807) is 25.1 Å². The summed E-state index contributed by atoms with van der Waals surface area (Å²) in [5.41, 5.74) is 4.83. The van der Waals surface area contributed by atoms with Crippen molar-refractivity contribution in [3.63, 3.8) is 0 Å². The lowest BCUT2D eigenvalue weighted by Crippen LogP contribution is -2.50. The summed E-state index contributed by atoms with van der Waals surface area (Å²) in [6.07, 6.45) is -0.854. The second-order valence-corrected chi connectivity index (χ2v) is 7.06. The summed E-state index contributed by atoms with van der Waals surface area (Å²) < 4.78 is 15.9. The number of hydrogen-bond acceptors (Lipinski definition) is 6. The molecule has 3 rings (SSSR count). The van der Waals surface area contributed by atoms with Gasteiger partial charge in [0, 0.05) is 5.56 Å². The molecule has 0 aliphatic carbocycles. The summed E-state index contributed by atoms with van der Waals surface area (Å²) >= 11 is 0. The third-order valence-corrected chi connectivity index (χ3v) is 4.78. The fourth-order valence-corrected chi connectivity index (χ4v) is 3.02. The zero-order valence-electron chi connectivity index (χ0n) is 18.5. The number of hydrazine groups is 1. The molecule has 9 nitrogen and oxygen atoms in total. The van der Waals surface area contributed by atoms with E-state index in [0.29, 0.717) is 22.8 Å². The van der Waals surface area contributed by atoms with Crippen LogP contribution in [0.3, 0.4) is 0 Å². The number of benzene rings is 3. The number of carbonyl (C=O) groups is 3. The number of amides is 3. The van der Waals surface area contributed by atoms with Crippen LogP contribution in [0.15, 0.2) is 60.7 Å². The quantitative estimate of drug-likeness (QED) is 0.453. The molecule has 3 aromatic carbocycles. The number of rotatable bonds is 8. The van der Waals surface area contributed by atoms with E-state index in [9.17, 15) is 14.4 Å². The molecular formula is C24H25N3O6. The maximum absolute atomic E-state index is 12.3. The molecule has 1 atom stereocenters. The minimum absolute atomic E-state index is 0.293. The molecule has 9 heteroatoms. The van der Waals surface area contributed by atoms with E-state index in [2.05, 4.69) is 16.2 Å². The van der Waals surface area contributed by atoms with Gasteiger partial charge in [-0.05, 0) is 48.0 Å². The first-order valence-corrected chi connectivity index (χ1v) is 10.2. The number of methoxy groups -OCH3 is 2. The highest BCUT2D eigenvalue weighted by Crippen LogP contribution is 2.27. The smallest absolute Gasteiger partial charge is 0.279 e. The van der Waals surface area contributed by atoms with Gasteiger partial charge in [0.05, 0.1) is 20.8 Å². The maximum Gasteiger partial charge on any atom is 0.279 e. The van der Waals surface area contributed by atoms with Crippen LogP contribution in [-0.4, -0.2) is 44.6 Å². The number of carbonyl (C=O) groups excluding carboxylic acids is 3. The topological polar surface area (TPSA) is 115 Å². The standard InChI is InChI=1S/C24H25N3O6/c1-15(33-19-10-8-16-6-4-5-7-17(16)12-19)23(29)27-26-22(28)14-25-24(30)18-9-11-20(31-2)21(13-18)32-3/h4-13,15H,14H2,1-3H3,(H,25,30)(H,26,28)(H,27,29)/t15-/m0/s1. The third-order valence-electron chi connectivity index (χ3n) is 4.78. The Balaban J connectivity index is 1.45. The molecule has 172 valence electrons. The highest BCUT2D eigenvalue weighted by Gasteiger charge is 2.16. The fourth-order valence-electron chi connectivity index (χ4n) is 3.02. The lowest BCUT2D eigenvalue weighted by Gasteiger charge is -2.16. The Morgan fingerprint density at radius 2 is 1.58 bits per heavy atom. The van der Waals surface area contributed by atoms with Crippen molar-refractivity contribution in [1.82, 2.24) is 16.2 Å². The molecule has 0 bridgehead atoms. The normalized spacial score (nSPS) is 11.2. The molecule has 0 unspecified atom stereocenters. The van der Waals surface area contributed by atoms with Gasteiger partial charge in [-0.1, -0.05) is 30.3 Å². The summed E-state index contributed by atoms with van der Waals surface area (Å²) in [5.74, 6) is -0.218. The largest absolute Gasteiger partial charge is 0.493 e. The molecule has 0 saturated heterocycles. The van der Waals surface area contributed by atoms with Crippen LogP contribution >= 0.6 is 0 Å². The molecule has 0 heterocycles. The molecule has 0 aliphatic heterocycles. The van der Waals surface area contributed by atoms with Crippen LogP contribution < -0.4 is 30.4 Å². The Morgan fingerprint density at radius 3 is 2.30 bits per heavy atom. The Morgan fingerprint density at radius 1 is 0.848 bits per heavy atom. The van der Waals surface area contributed by atoms with Crippen molar-refractivity contribution in [3.8, 4) is 17.2 Å². The maximum atomic E-state index is 12.3. The Hall–Kier alpha value is -4.27. The molecule has 0 saturated carbocycles. The summed E-state index contributed by atoms with van der Waals surface area (Å²) in [4.78, 5) is 36.5. The average Bonchev–Trinajstić information content (AvgIpc) is 2.85. The van der Waals surface area contributed by atoms with E-state index in [0.717, 1.165) is 10.8 Å². The molecule has 3 amide bonds. The van der Waals surface area contributed by atoms with E-state index in [4.69, 9.17) is 14.2 Å². The first kappa shape index (κ1) is 23.4. The van der Waals surface area contributed by atoms with E-state index < -0.39 is 23.8 Å². The van der Waals surface area contributed by atoms with Crippen LogP contribution in [0.5, 0.6) is 17.2 Å². The monoisotopic (exact) mass is 451 g/mol. The van der Waals surface area contributed by atoms with Crippen LogP contribution in [0, 0.1) is 0 Å². The van der Waals surface area contributed by atoms with Gasteiger partial charge in [0.25, 0.3) is 17.7 Å². The van der Waals surface area contributed by atoms with Gasteiger partial charge in [-0.15, -0.1) is 0 Å². The minimum atomic E-state index is -0.854. The molecule has 3 aromatic rings. The van der Waals surface area contributed by atoms with Gasteiger partial charge in [0.1, 0.15) is 5.75 Å². The predicted molar refractivity (Wildman–Crippen MR) is 122 cm³/mol. The Kier molecular flexibility index (Phi) is 7.69. The van der Waals surface area contributed by atoms with E-state index in [1.165, 1.54) is 20.3 Å². The molecule has 0 aliphatic rings. The van der Waals surface area contributed by atoms with Crippen LogP contribution in [0.2, 0.25) is 0 Å². The van der Waals surface area contributed by atoms with Gasteiger partial charge in [0.15, 0.2) is 17.6 Å². The summed E-state index contributed by atoms with van der Waals surface area (Å²) in [5, 5.41) is 4.51. The van der Waals surface area contributed by atoms with Crippen molar-refractivity contribution < 1.29 is 28.6 Å². The molecule has 0 fully saturated rings. The Bertz CT molecular complexity index is 1160. The lowest BCUT2D eigenvalue weighted by molar-refractivity contribution is -0.132. The van der Waals surface area contributed by atoms with E-state index in [-0.39, 0.29) is 6.54 Å². The zero-order valence-corrected chi connectivity index (χ0v) is 18.5. The molecule has 0 aromatic heterocycles. The number of nitrogens with one attached hydrogen (secondary N) is 3. The van der Waals surface area contributed by atoms with E-state index >= 15 is 0 Å². The highest BCUT2D eigenvalue weighted by atomic mass is 16.5. The second kappa shape index (κ2) is 10.9. The van der Waals surface area contributed by atoms with Crippen molar-refractivity contribution in [2.75, 3.05) is 20.8 Å². The van der Waals surface area contributed by atoms with Gasteiger partial charge < -0.3 is 19.5 Å². The van der Waals surface area contributed by atoms with Gasteiger partial charge >= 0.3 is 0 Å². The van der Waals surface area contributed by atoms with Crippen molar-refractivity contribution in [2.45, 2.75) is 13.0 Å². The fraction of sp³-hybridized carbons (Fsp3) is 0.208. The van der Waals surface area contributed by atoms with Crippen molar-refractivity contribution >= 4 is 28.5 Å². The Labute approximate surface area is 191 Å². The molecule has 33 heavy (non-hydrogen) atoms. The second-order valence-electron chi connectivity index (χ2n) is 7.06. The van der Waals surface area contributed by atoms with Gasteiger partial charge in [0.2, 0.25) is 0 Å². The SMILES string of the molecule is COc1ccc(C(=O)NCC(=O)NNC(=O)[C@H](C)Oc2ccc3ccccc3c2)cc1OC. The van der Waals surface area contributed by atoms with Crippen LogP contribution in [0.1, 0.15) is 17.3 Å². The first-order chi connectivity index (χ1) is 15.9. The molecule has 3 N–H and O–H groups in total. The molecule has 0 spiro atoms. The number of hydrogen-bond donors (Lipinski definition) is 3. The summed E-state index contributed by atoms with van der Waals surface area (Å²) in [6, 6.07) is 17.9. The average molecular weight is 451 g/mol. The lowest BCUT2D eigenvalue weighted by atomic mass is 10.1. The highest BCUT2D eigenvalue weighted by molar-refractivity contribution is 5.97. The molecular weight excluding hydrogens is 426 g/mol. The van der Waals surface area contributed by atoms with Crippen LogP contribution in [-0.2, 0) is 9.59 Å². The third kappa shape index (κ3) is 6.13.